The smallest absolute Gasteiger partial charge is 0.336 e. The van der Waals surface area contributed by atoms with Crippen LogP contribution in [0.3, 0.4) is 0 Å². The second kappa shape index (κ2) is 9.47. The summed E-state index contributed by atoms with van der Waals surface area (Å²) in [6.45, 7) is 6.39. The van der Waals surface area contributed by atoms with E-state index in [0.29, 0.717) is 5.56 Å². The molecule has 2 N–H and O–H groups in total. The normalized spacial score (nSPS) is 9.55. The van der Waals surface area contributed by atoms with Crippen LogP contribution in [-0.4, -0.2) is 29.9 Å². The first-order valence-electron chi connectivity index (χ1n) is 7.24. The average Bonchev–Trinajstić information content (AvgIpc) is 2.56. The first-order valence-corrected chi connectivity index (χ1v) is 7.24. The van der Waals surface area contributed by atoms with Crippen molar-refractivity contribution in [2.75, 3.05) is 13.1 Å². The van der Waals surface area contributed by atoms with Gasteiger partial charge in [0.25, 0.3) is 0 Å². The van der Waals surface area contributed by atoms with Crippen LogP contribution in [-0.2, 0) is 0 Å². The van der Waals surface area contributed by atoms with Crippen LogP contribution in [0.1, 0.15) is 40.1 Å². The van der Waals surface area contributed by atoms with E-state index in [1.165, 1.54) is 12.1 Å². The number of carboxylic acids is 1. The number of rotatable bonds is 5. The Labute approximate surface area is 130 Å². The van der Waals surface area contributed by atoms with Gasteiger partial charge in [0.05, 0.1) is 5.56 Å². The molecule has 0 radical (unpaired) electrons. The molecule has 22 heavy (non-hydrogen) atoms. The van der Waals surface area contributed by atoms with E-state index in [1.54, 1.807) is 42.5 Å². The van der Waals surface area contributed by atoms with Crippen LogP contribution < -0.4 is 5.32 Å². The Kier molecular flexibility index (Phi) is 7.57. The highest BCUT2D eigenvalue weighted by Gasteiger charge is 2.16. The molecule has 2 aromatic rings. The van der Waals surface area contributed by atoms with Gasteiger partial charge in [0.2, 0.25) is 0 Å². The van der Waals surface area contributed by atoms with Gasteiger partial charge >= 0.3 is 5.97 Å². The molecule has 2 rings (SSSR count). The maximum Gasteiger partial charge on any atom is 0.336 e. The Hall–Kier alpha value is -2.46. The quantitative estimate of drug-likeness (QED) is 0.832. The number of aromatic carboxylic acids is 1. The van der Waals surface area contributed by atoms with Crippen LogP contribution >= 0.6 is 0 Å². The van der Waals surface area contributed by atoms with Crippen molar-refractivity contribution in [2.24, 2.45) is 0 Å². The van der Waals surface area contributed by atoms with Crippen molar-refractivity contribution in [1.82, 2.24) is 5.32 Å². The van der Waals surface area contributed by atoms with E-state index < -0.39 is 5.97 Å². The molecule has 0 saturated heterocycles. The summed E-state index contributed by atoms with van der Waals surface area (Å²) in [6.07, 6.45) is 0. The number of nitrogens with one attached hydrogen (secondary N) is 1. The van der Waals surface area contributed by atoms with Crippen molar-refractivity contribution in [3.8, 4) is 0 Å². The molecular formula is C18H21NO3. The molecule has 0 bridgehead atoms. The standard InChI is InChI=1S/C14H10O3.C4H11N/c15-13(10-6-2-1-3-7-10)11-8-4-5-9-12(11)14(16)17;1-3-5-4-2/h1-9H,(H,16,17);5H,3-4H2,1-2H3. The summed E-state index contributed by atoms with van der Waals surface area (Å²) in [7, 11) is 0. The van der Waals surface area contributed by atoms with Gasteiger partial charge in [-0.1, -0.05) is 62.4 Å². The molecule has 0 aliphatic heterocycles. The van der Waals surface area contributed by atoms with Crippen molar-refractivity contribution >= 4 is 11.8 Å². The first-order chi connectivity index (χ1) is 10.6. The highest BCUT2D eigenvalue weighted by molar-refractivity contribution is 6.14. The van der Waals surface area contributed by atoms with E-state index in [1.807, 2.05) is 0 Å². The predicted octanol–water partition coefficient (Wildman–Crippen LogP) is 3.23. The minimum absolute atomic E-state index is 0.0290. The average molecular weight is 299 g/mol. The monoisotopic (exact) mass is 299 g/mol. The second-order valence-electron chi connectivity index (χ2n) is 4.50. The molecule has 4 heteroatoms. The number of carbonyl (C=O) groups excluding carboxylic acids is 1. The fourth-order valence-corrected chi connectivity index (χ4v) is 1.86. The molecule has 0 spiro atoms. The molecule has 4 nitrogen and oxygen atoms in total. The Morgan fingerprint density at radius 2 is 1.36 bits per heavy atom. The maximum atomic E-state index is 12.1. The largest absolute Gasteiger partial charge is 0.478 e. The summed E-state index contributed by atoms with van der Waals surface area (Å²) in [6, 6.07) is 14.8. The summed E-state index contributed by atoms with van der Waals surface area (Å²) in [5.41, 5.74) is 0.730. The van der Waals surface area contributed by atoms with Crippen LogP contribution in [0.25, 0.3) is 0 Å². The summed E-state index contributed by atoms with van der Waals surface area (Å²) in [5, 5.41) is 12.1. The Bertz CT molecular complexity index is 607. The van der Waals surface area contributed by atoms with Crippen LogP contribution in [0.15, 0.2) is 54.6 Å². The highest BCUT2D eigenvalue weighted by atomic mass is 16.4. The molecule has 0 amide bonds. The summed E-state index contributed by atoms with van der Waals surface area (Å²) in [4.78, 5) is 23.1. The SMILES string of the molecule is CCNCC.O=C(O)c1ccccc1C(=O)c1ccccc1. The van der Waals surface area contributed by atoms with E-state index in [4.69, 9.17) is 5.11 Å². The van der Waals surface area contributed by atoms with Crippen LogP contribution in [0.4, 0.5) is 0 Å². The molecule has 0 unspecified atom stereocenters. The fourth-order valence-electron chi connectivity index (χ4n) is 1.86. The number of hydrogen-bond acceptors (Lipinski definition) is 3. The molecule has 0 heterocycles. The zero-order valence-electron chi connectivity index (χ0n) is 12.9. The summed E-state index contributed by atoms with van der Waals surface area (Å²) >= 11 is 0. The van der Waals surface area contributed by atoms with Crippen molar-refractivity contribution in [3.05, 3.63) is 71.3 Å². The molecular weight excluding hydrogens is 278 g/mol. The molecule has 0 fully saturated rings. The first kappa shape index (κ1) is 17.6. The van der Waals surface area contributed by atoms with Gasteiger partial charge in [-0.2, -0.15) is 0 Å². The number of carboxylic acid groups (broad SMARTS) is 1. The third-order valence-electron chi connectivity index (χ3n) is 2.94. The molecule has 0 saturated carbocycles. The lowest BCUT2D eigenvalue weighted by Gasteiger charge is -2.04. The highest BCUT2D eigenvalue weighted by Crippen LogP contribution is 2.14. The zero-order valence-corrected chi connectivity index (χ0v) is 12.9. The number of hydrogen-bond donors (Lipinski definition) is 2. The Morgan fingerprint density at radius 3 is 1.82 bits per heavy atom. The third-order valence-corrected chi connectivity index (χ3v) is 2.94. The third kappa shape index (κ3) is 5.14. The van der Waals surface area contributed by atoms with Gasteiger partial charge in [-0.15, -0.1) is 0 Å². The van der Waals surface area contributed by atoms with Crippen molar-refractivity contribution in [2.45, 2.75) is 13.8 Å². The summed E-state index contributed by atoms with van der Waals surface area (Å²) in [5.74, 6) is -1.37. The number of carbonyl (C=O) groups is 2. The second-order valence-corrected chi connectivity index (χ2v) is 4.50. The van der Waals surface area contributed by atoms with E-state index >= 15 is 0 Å². The van der Waals surface area contributed by atoms with Crippen molar-refractivity contribution in [1.29, 1.82) is 0 Å². The van der Waals surface area contributed by atoms with Crippen molar-refractivity contribution in [3.63, 3.8) is 0 Å². The molecule has 116 valence electrons. The van der Waals surface area contributed by atoms with Gasteiger partial charge in [0.1, 0.15) is 0 Å². The number of benzene rings is 2. The van der Waals surface area contributed by atoms with Crippen molar-refractivity contribution < 1.29 is 14.7 Å². The van der Waals surface area contributed by atoms with E-state index in [2.05, 4.69) is 19.2 Å². The fraction of sp³-hybridized carbons (Fsp3) is 0.222. The van der Waals surface area contributed by atoms with Gasteiger partial charge in [0, 0.05) is 11.1 Å². The van der Waals surface area contributed by atoms with Gasteiger partial charge in [0.15, 0.2) is 5.78 Å². The van der Waals surface area contributed by atoms with Crippen LogP contribution in [0.5, 0.6) is 0 Å². The minimum Gasteiger partial charge on any atom is -0.478 e. The number of ketones is 1. The van der Waals surface area contributed by atoms with E-state index in [0.717, 1.165) is 13.1 Å². The van der Waals surface area contributed by atoms with Crippen LogP contribution in [0.2, 0.25) is 0 Å². The lowest BCUT2D eigenvalue weighted by atomic mass is 9.98. The zero-order chi connectivity index (χ0) is 16.4. The lowest BCUT2D eigenvalue weighted by Crippen LogP contribution is -2.09. The molecule has 0 aliphatic carbocycles. The van der Waals surface area contributed by atoms with Gasteiger partial charge < -0.3 is 10.4 Å². The molecule has 0 aliphatic rings. The van der Waals surface area contributed by atoms with Gasteiger partial charge in [-0.05, 0) is 19.2 Å². The lowest BCUT2D eigenvalue weighted by molar-refractivity contribution is 0.0693. The Morgan fingerprint density at radius 1 is 0.864 bits per heavy atom. The van der Waals surface area contributed by atoms with Gasteiger partial charge in [-0.25, -0.2) is 4.79 Å². The van der Waals surface area contributed by atoms with Gasteiger partial charge in [-0.3, -0.25) is 4.79 Å². The predicted molar refractivity (Wildman–Crippen MR) is 87.5 cm³/mol. The minimum atomic E-state index is -1.09. The molecule has 2 aromatic carbocycles. The molecule has 0 aromatic heterocycles. The molecule has 0 atom stereocenters. The maximum absolute atomic E-state index is 12.1. The van der Waals surface area contributed by atoms with E-state index in [-0.39, 0.29) is 16.9 Å². The van der Waals surface area contributed by atoms with E-state index in [9.17, 15) is 9.59 Å². The summed E-state index contributed by atoms with van der Waals surface area (Å²) < 4.78 is 0. The topological polar surface area (TPSA) is 66.4 Å². The van der Waals surface area contributed by atoms with Crippen LogP contribution in [0, 0.1) is 0 Å². The Balaban J connectivity index is 0.000000422.